The van der Waals surface area contributed by atoms with Gasteiger partial charge in [0.1, 0.15) is 5.69 Å². The van der Waals surface area contributed by atoms with Gasteiger partial charge in [-0.1, -0.05) is 0 Å². The van der Waals surface area contributed by atoms with Crippen LogP contribution in [0.2, 0.25) is 0 Å². The summed E-state index contributed by atoms with van der Waals surface area (Å²) < 4.78 is 5.32. The summed E-state index contributed by atoms with van der Waals surface area (Å²) in [7, 11) is 0. The Morgan fingerprint density at radius 1 is 1.50 bits per heavy atom. The highest BCUT2D eigenvalue weighted by atomic mass is 32.1. The predicted molar refractivity (Wildman–Crippen MR) is 69.2 cm³/mol. The minimum Gasteiger partial charge on any atom is -0.388 e. The number of hydrogen-bond donors (Lipinski definition) is 2. The van der Waals surface area contributed by atoms with E-state index in [2.05, 4.69) is 9.97 Å². The second-order valence-corrected chi connectivity index (χ2v) is 5.36. The number of carbonyl (C=O) groups excluding carboxylic acids is 2. The highest BCUT2D eigenvalue weighted by molar-refractivity contribution is 7.73. The molecule has 0 amide bonds. The summed E-state index contributed by atoms with van der Waals surface area (Å²) in [5.74, 6) is -1.27. The van der Waals surface area contributed by atoms with Crippen LogP contribution in [0.25, 0.3) is 0 Å². The van der Waals surface area contributed by atoms with Crippen LogP contribution in [-0.2, 0) is 16.0 Å². The van der Waals surface area contributed by atoms with Crippen molar-refractivity contribution in [3.05, 3.63) is 38.5 Å². The lowest BCUT2D eigenvalue weighted by molar-refractivity contribution is -0.137. The molecule has 0 bridgehead atoms. The minimum absolute atomic E-state index is 0.0378. The van der Waals surface area contributed by atoms with Gasteiger partial charge in [0, 0.05) is 16.8 Å². The molecule has 2 heterocycles. The third-order valence-electron chi connectivity index (χ3n) is 2.25. The summed E-state index contributed by atoms with van der Waals surface area (Å²) in [6.07, 6.45) is 1.62. The molecule has 0 atom stereocenters. The highest BCUT2D eigenvalue weighted by Gasteiger charge is 2.15. The normalized spacial score (nSPS) is 10.3. The Hall–Kier alpha value is -1.73. The summed E-state index contributed by atoms with van der Waals surface area (Å²) in [6, 6.07) is 3.20. The van der Waals surface area contributed by atoms with Crippen molar-refractivity contribution < 1.29 is 14.3 Å². The van der Waals surface area contributed by atoms with E-state index in [4.69, 9.17) is 17.0 Å². The summed E-state index contributed by atoms with van der Waals surface area (Å²) in [6.45, 7) is 1.82. The summed E-state index contributed by atoms with van der Waals surface area (Å²) in [4.78, 5) is 29.5. The molecule has 0 radical (unpaired) electrons. The molecular weight excluding hydrogens is 272 g/mol. The SMILES string of the molecule is Cc1[nH]c(=S)sc1CC(=O)OC(=O)c1ccc[nH]1. The van der Waals surface area contributed by atoms with Gasteiger partial charge in [-0.15, -0.1) is 11.3 Å². The molecule has 0 aliphatic carbocycles. The van der Waals surface area contributed by atoms with E-state index in [1.54, 1.807) is 18.3 Å². The fourth-order valence-corrected chi connectivity index (χ4v) is 2.67. The monoisotopic (exact) mass is 282 g/mol. The summed E-state index contributed by atoms with van der Waals surface area (Å²) in [5, 5.41) is 0. The highest BCUT2D eigenvalue weighted by Crippen LogP contribution is 2.15. The molecule has 18 heavy (non-hydrogen) atoms. The van der Waals surface area contributed by atoms with Crippen LogP contribution in [0.3, 0.4) is 0 Å². The van der Waals surface area contributed by atoms with Gasteiger partial charge < -0.3 is 14.7 Å². The molecule has 0 unspecified atom stereocenters. The maximum atomic E-state index is 11.6. The standard InChI is InChI=1S/C11H10N2O3S2/c1-6-8(18-11(17)13-6)5-9(14)16-10(15)7-3-2-4-12-7/h2-4,12H,5H2,1H3,(H,13,17). The molecule has 0 aliphatic rings. The van der Waals surface area contributed by atoms with Crippen LogP contribution in [0.5, 0.6) is 0 Å². The quantitative estimate of drug-likeness (QED) is 0.515. The molecule has 0 aliphatic heterocycles. The zero-order valence-electron chi connectivity index (χ0n) is 9.48. The van der Waals surface area contributed by atoms with Gasteiger partial charge in [0.25, 0.3) is 0 Å². The molecule has 0 spiro atoms. The first-order chi connectivity index (χ1) is 8.56. The number of hydrogen-bond acceptors (Lipinski definition) is 5. The predicted octanol–water partition coefficient (Wildman–Crippen LogP) is 2.37. The number of aryl methyl sites for hydroxylation is 1. The van der Waals surface area contributed by atoms with Crippen molar-refractivity contribution in [1.82, 2.24) is 9.97 Å². The van der Waals surface area contributed by atoms with Crippen molar-refractivity contribution in [3.8, 4) is 0 Å². The van der Waals surface area contributed by atoms with Crippen LogP contribution in [0.1, 0.15) is 21.1 Å². The average Bonchev–Trinajstić information content (AvgIpc) is 2.89. The van der Waals surface area contributed by atoms with Gasteiger partial charge in [0.15, 0.2) is 3.95 Å². The van der Waals surface area contributed by atoms with Gasteiger partial charge in [-0.3, -0.25) is 4.79 Å². The topological polar surface area (TPSA) is 75.0 Å². The fourth-order valence-electron chi connectivity index (χ4n) is 1.39. The number of thiazole rings is 1. The van der Waals surface area contributed by atoms with Crippen LogP contribution in [0.15, 0.2) is 18.3 Å². The molecule has 0 aromatic carbocycles. The van der Waals surface area contributed by atoms with E-state index >= 15 is 0 Å². The van der Waals surface area contributed by atoms with Crippen molar-refractivity contribution in [2.75, 3.05) is 0 Å². The van der Waals surface area contributed by atoms with Gasteiger partial charge in [0.05, 0.1) is 6.42 Å². The Morgan fingerprint density at radius 2 is 2.28 bits per heavy atom. The summed E-state index contributed by atoms with van der Waals surface area (Å²) >= 11 is 6.27. The van der Waals surface area contributed by atoms with Gasteiger partial charge in [0.2, 0.25) is 0 Å². The van der Waals surface area contributed by atoms with Crippen molar-refractivity contribution in [2.24, 2.45) is 0 Å². The van der Waals surface area contributed by atoms with Crippen molar-refractivity contribution >= 4 is 35.5 Å². The first-order valence-electron chi connectivity index (χ1n) is 5.13. The second-order valence-electron chi connectivity index (χ2n) is 3.58. The van der Waals surface area contributed by atoms with Gasteiger partial charge >= 0.3 is 11.9 Å². The first kappa shape index (κ1) is 12.7. The average molecular weight is 282 g/mol. The molecule has 94 valence electrons. The number of aromatic nitrogens is 2. The second kappa shape index (κ2) is 5.28. The van der Waals surface area contributed by atoms with Crippen molar-refractivity contribution in [1.29, 1.82) is 0 Å². The number of esters is 2. The molecule has 2 N–H and O–H groups in total. The molecule has 0 saturated heterocycles. The smallest absolute Gasteiger partial charge is 0.362 e. The zero-order valence-corrected chi connectivity index (χ0v) is 11.1. The van der Waals surface area contributed by atoms with E-state index in [1.165, 1.54) is 11.3 Å². The molecule has 0 saturated carbocycles. The lowest BCUT2D eigenvalue weighted by atomic mass is 10.3. The largest absolute Gasteiger partial charge is 0.388 e. The van der Waals surface area contributed by atoms with Gasteiger partial charge in [-0.2, -0.15) is 0 Å². The minimum atomic E-state index is -0.679. The van der Waals surface area contributed by atoms with E-state index in [9.17, 15) is 9.59 Å². The summed E-state index contributed by atoms with van der Waals surface area (Å²) in [5.41, 5.74) is 1.08. The molecule has 5 nitrogen and oxygen atoms in total. The number of carbonyl (C=O) groups is 2. The third kappa shape index (κ3) is 2.93. The molecular formula is C11H10N2O3S2. The Balaban J connectivity index is 1.99. The Bertz CT molecular complexity index is 625. The molecule has 2 aromatic heterocycles. The first-order valence-corrected chi connectivity index (χ1v) is 6.35. The Kier molecular flexibility index (Phi) is 3.73. The van der Waals surface area contributed by atoms with Crippen LogP contribution in [-0.4, -0.2) is 21.9 Å². The van der Waals surface area contributed by atoms with E-state index in [-0.39, 0.29) is 12.1 Å². The van der Waals surface area contributed by atoms with Crippen molar-refractivity contribution in [2.45, 2.75) is 13.3 Å². The molecule has 0 fully saturated rings. The van der Waals surface area contributed by atoms with Crippen LogP contribution in [0.4, 0.5) is 0 Å². The van der Waals surface area contributed by atoms with Gasteiger partial charge in [-0.25, -0.2) is 4.79 Å². The molecule has 2 rings (SSSR count). The van der Waals surface area contributed by atoms with Crippen LogP contribution >= 0.6 is 23.6 Å². The third-order valence-corrected chi connectivity index (χ3v) is 3.59. The lowest BCUT2D eigenvalue weighted by Gasteiger charge is -2.00. The van der Waals surface area contributed by atoms with E-state index in [0.29, 0.717) is 3.95 Å². The fraction of sp³-hybridized carbons (Fsp3) is 0.182. The number of aromatic amines is 2. The lowest BCUT2D eigenvalue weighted by Crippen LogP contribution is -2.14. The molecule has 7 heteroatoms. The van der Waals surface area contributed by atoms with E-state index in [1.807, 2.05) is 6.92 Å². The number of nitrogens with one attached hydrogen (secondary N) is 2. The van der Waals surface area contributed by atoms with Crippen LogP contribution < -0.4 is 0 Å². The maximum Gasteiger partial charge on any atom is 0.362 e. The van der Waals surface area contributed by atoms with Gasteiger partial charge in [-0.05, 0) is 31.3 Å². The maximum absolute atomic E-state index is 11.6. The Morgan fingerprint density at radius 3 is 2.83 bits per heavy atom. The molecule has 2 aromatic rings. The van der Waals surface area contributed by atoms with E-state index in [0.717, 1.165) is 10.6 Å². The zero-order chi connectivity index (χ0) is 13.1. The Labute approximate surface area is 112 Å². The van der Waals surface area contributed by atoms with Crippen LogP contribution in [0, 0.1) is 10.9 Å². The number of rotatable bonds is 3. The number of H-pyrrole nitrogens is 2. The van der Waals surface area contributed by atoms with Crippen molar-refractivity contribution in [3.63, 3.8) is 0 Å². The number of ether oxygens (including phenoxy) is 1. The van der Waals surface area contributed by atoms with E-state index < -0.39 is 11.9 Å².